The second-order valence-electron chi connectivity index (χ2n) is 5.46. The number of ether oxygens (including phenoxy) is 2. The highest BCUT2D eigenvalue weighted by Crippen LogP contribution is 2.16. The largest absolute Gasteiger partial charge is 0.482 e. The van der Waals surface area contributed by atoms with Gasteiger partial charge in [-0.25, -0.2) is 9.18 Å². The van der Waals surface area contributed by atoms with Gasteiger partial charge in [-0.15, -0.1) is 0 Å². The van der Waals surface area contributed by atoms with Crippen LogP contribution in [0.1, 0.15) is 12.8 Å². The van der Waals surface area contributed by atoms with Crippen LogP contribution in [-0.4, -0.2) is 49.0 Å². The van der Waals surface area contributed by atoms with Gasteiger partial charge in [0.1, 0.15) is 11.6 Å². The first-order valence-corrected chi connectivity index (χ1v) is 7.57. The van der Waals surface area contributed by atoms with Gasteiger partial charge >= 0.3 is 5.97 Å². The molecule has 1 aliphatic rings. The highest BCUT2D eigenvalue weighted by atomic mass is 19.1. The van der Waals surface area contributed by atoms with Crippen molar-refractivity contribution in [2.75, 3.05) is 26.3 Å². The van der Waals surface area contributed by atoms with E-state index >= 15 is 0 Å². The molecule has 0 aliphatic carbocycles. The summed E-state index contributed by atoms with van der Waals surface area (Å²) in [6.07, 6.45) is 1.03. The summed E-state index contributed by atoms with van der Waals surface area (Å²) >= 11 is 0. The van der Waals surface area contributed by atoms with Crippen LogP contribution < -0.4 is 10.5 Å². The number of amides is 2. The van der Waals surface area contributed by atoms with Gasteiger partial charge in [0.2, 0.25) is 5.91 Å². The van der Waals surface area contributed by atoms with Crippen molar-refractivity contribution in [3.63, 3.8) is 0 Å². The molecule has 2 amide bonds. The van der Waals surface area contributed by atoms with Crippen molar-refractivity contribution < 1.29 is 28.2 Å². The quantitative estimate of drug-likeness (QED) is 0.760. The van der Waals surface area contributed by atoms with Crippen LogP contribution in [0.5, 0.6) is 5.75 Å². The number of benzene rings is 1. The number of carbonyl (C=O) groups is 3. The molecule has 1 fully saturated rings. The Kier molecular flexibility index (Phi) is 6.11. The van der Waals surface area contributed by atoms with E-state index in [1.807, 2.05) is 0 Å². The molecule has 2 rings (SSSR count). The Hall–Kier alpha value is -2.64. The number of primary amides is 1. The molecule has 1 aromatic rings. The number of hydrogen-bond acceptors (Lipinski definition) is 5. The summed E-state index contributed by atoms with van der Waals surface area (Å²) < 4.78 is 22.7. The van der Waals surface area contributed by atoms with Crippen molar-refractivity contribution in [2.45, 2.75) is 12.8 Å². The third-order valence-corrected chi connectivity index (χ3v) is 3.78. The summed E-state index contributed by atoms with van der Waals surface area (Å²) in [6, 6.07) is 5.19. The lowest BCUT2D eigenvalue weighted by Crippen LogP contribution is -2.43. The highest BCUT2D eigenvalue weighted by Gasteiger charge is 2.26. The molecule has 1 aliphatic heterocycles. The van der Waals surface area contributed by atoms with E-state index < -0.39 is 11.8 Å². The van der Waals surface area contributed by atoms with Crippen molar-refractivity contribution in [3.05, 3.63) is 30.1 Å². The summed E-state index contributed by atoms with van der Waals surface area (Å²) in [5, 5.41) is 0. The average Bonchev–Trinajstić information content (AvgIpc) is 2.59. The van der Waals surface area contributed by atoms with Gasteiger partial charge in [0.25, 0.3) is 5.91 Å². The predicted molar refractivity (Wildman–Crippen MR) is 81.4 cm³/mol. The Morgan fingerprint density at radius 3 is 2.33 bits per heavy atom. The molecule has 24 heavy (non-hydrogen) atoms. The molecule has 0 radical (unpaired) electrons. The minimum atomic E-state index is -0.695. The molecule has 0 unspecified atom stereocenters. The van der Waals surface area contributed by atoms with Gasteiger partial charge < -0.3 is 20.1 Å². The first kappa shape index (κ1) is 17.7. The van der Waals surface area contributed by atoms with E-state index in [-0.39, 0.29) is 30.9 Å². The van der Waals surface area contributed by atoms with Gasteiger partial charge in [-0.3, -0.25) is 9.59 Å². The van der Waals surface area contributed by atoms with Gasteiger partial charge in [-0.2, -0.15) is 0 Å². The van der Waals surface area contributed by atoms with Crippen molar-refractivity contribution in [1.29, 1.82) is 0 Å². The van der Waals surface area contributed by atoms with Crippen LogP contribution in [0.3, 0.4) is 0 Å². The topological polar surface area (TPSA) is 98.9 Å². The summed E-state index contributed by atoms with van der Waals surface area (Å²) in [5.41, 5.74) is 5.23. The van der Waals surface area contributed by atoms with Crippen molar-refractivity contribution in [1.82, 2.24) is 4.90 Å². The minimum Gasteiger partial charge on any atom is -0.482 e. The van der Waals surface area contributed by atoms with Crippen LogP contribution in [-0.2, 0) is 19.1 Å². The van der Waals surface area contributed by atoms with Crippen LogP contribution in [0.25, 0.3) is 0 Å². The Bertz CT molecular complexity index is 597. The molecular formula is C16H19FN2O5. The molecule has 0 spiro atoms. The van der Waals surface area contributed by atoms with Crippen LogP contribution in [0.4, 0.5) is 4.39 Å². The van der Waals surface area contributed by atoms with Crippen molar-refractivity contribution in [2.24, 2.45) is 11.7 Å². The summed E-state index contributed by atoms with van der Waals surface area (Å²) in [7, 11) is 0. The van der Waals surface area contributed by atoms with Crippen LogP contribution in [0.15, 0.2) is 24.3 Å². The van der Waals surface area contributed by atoms with Gasteiger partial charge in [0.05, 0.1) is 0 Å². The smallest absolute Gasteiger partial charge is 0.344 e. The lowest BCUT2D eigenvalue weighted by Gasteiger charge is -2.30. The van der Waals surface area contributed by atoms with Crippen LogP contribution >= 0.6 is 0 Å². The molecule has 0 atom stereocenters. The van der Waals surface area contributed by atoms with Gasteiger partial charge in [0.15, 0.2) is 13.2 Å². The maximum absolute atomic E-state index is 12.7. The normalized spacial score (nSPS) is 15.0. The van der Waals surface area contributed by atoms with E-state index in [1.165, 1.54) is 29.2 Å². The monoisotopic (exact) mass is 338 g/mol. The second kappa shape index (κ2) is 8.28. The fraction of sp³-hybridized carbons (Fsp3) is 0.438. The number of piperidine rings is 1. The number of likely N-dealkylation sites (tertiary alicyclic amines) is 1. The first-order chi connectivity index (χ1) is 11.5. The Morgan fingerprint density at radius 2 is 1.75 bits per heavy atom. The van der Waals surface area contributed by atoms with Crippen molar-refractivity contribution in [3.8, 4) is 5.75 Å². The van der Waals surface area contributed by atoms with Gasteiger partial charge in [-0.05, 0) is 37.1 Å². The first-order valence-electron chi connectivity index (χ1n) is 7.57. The molecule has 1 aromatic carbocycles. The molecule has 0 aromatic heterocycles. The number of nitrogens with zero attached hydrogens (tertiary/aromatic N) is 1. The second-order valence-corrected chi connectivity index (χ2v) is 5.46. The van der Waals surface area contributed by atoms with E-state index in [2.05, 4.69) is 0 Å². The van der Waals surface area contributed by atoms with Crippen molar-refractivity contribution >= 4 is 17.8 Å². The van der Waals surface area contributed by atoms with Gasteiger partial charge in [-0.1, -0.05) is 0 Å². The molecule has 1 heterocycles. The zero-order valence-corrected chi connectivity index (χ0v) is 13.1. The summed E-state index contributed by atoms with van der Waals surface area (Å²) in [6.45, 7) is 0.0711. The molecule has 1 saturated heterocycles. The molecule has 0 saturated carbocycles. The molecule has 7 nitrogen and oxygen atoms in total. The number of carbonyl (C=O) groups excluding carboxylic acids is 3. The van der Waals surface area contributed by atoms with E-state index in [9.17, 15) is 18.8 Å². The van der Waals surface area contributed by atoms with E-state index in [1.54, 1.807) is 0 Å². The van der Waals surface area contributed by atoms with E-state index in [0.717, 1.165) is 0 Å². The lowest BCUT2D eigenvalue weighted by molar-refractivity contribution is -0.154. The van der Waals surface area contributed by atoms with E-state index in [4.69, 9.17) is 15.2 Å². The lowest BCUT2D eigenvalue weighted by atomic mass is 9.96. The Morgan fingerprint density at radius 1 is 1.12 bits per heavy atom. The predicted octanol–water partition coefficient (Wildman–Crippen LogP) is 0.472. The number of halogens is 1. The average molecular weight is 338 g/mol. The maximum Gasteiger partial charge on any atom is 0.344 e. The molecule has 2 N–H and O–H groups in total. The highest BCUT2D eigenvalue weighted by molar-refractivity contribution is 5.81. The number of esters is 1. The Balaban J connectivity index is 1.67. The molecular weight excluding hydrogens is 319 g/mol. The summed E-state index contributed by atoms with van der Waals surface area (Å²) in [4.78, 5) is 36.1. The van der Waals surface area contributed by atoms with Crippen LogP contribution in [0.2, 0.25) is 0 Å². The molecule has 130 valence electrons. The van der Waals surface area contributed by atoms with Crippen LogP contribution in [0, 0.1) is 11.7 Å². The standard InChI is InChI=1S/C16H19FN2O5/c17-12-1-3-13(4-2-12)23-10-15(21)24-9-14(20)19-7-5-11(6-8-19)16(18)22/h1-4,11H,5-10H2,(H2,18,22). The van der Waals surface area contributed by atoms with Gasteiger partial charge in [0, 0.05) is 19.0 Å². The molecule has 0 bridgehead atoms. The number of hydrogen-bond donors (Lipinski definition) is 1. The van der Waals surface area contributed by atoms with E-state index in [0.29, 0.717) is 31.7 Å². The third-order valence-electron chi connectivity index (χ3n) is 3.78. The minimum absolute atomic E-state index is 0.208. The third kappa shape index (κ3) is 5.22. The SMILES string of the molecule is NC(=O)C1CCN(C(=O)COC(=O)COc2ccc(F)cc2)CC1. The number of nitrogens with two attached hydrogens (primary N) is 1. The number of rotatable bonds is 6. The Labute approximate surface area is 138 Å². The summed E-state index contributed by atoms with van der Waals surface area (Å²) in [5.74, 6) is -1.66. The fourth-order valence-electron chi connectivity index (χ4n) is 2.36. The zero-order valence-electron chi connectivity index (χ0n) is 13.1. The maximum atomic E-state index is 12.7. The fourth-order valence-corrected chi connectivity index (χ4v) is 2.36. The zero-order chi connectivity index (χ0) is 17.5. The molecule has 8 heteroatoms.